The summed E-state index contributed by atoms with van der Waals surface area (Å²) < 4.78 is 49.9. The van der Waals surface area contributed by atoms with Crippen molar-refractivity contribution in [2.75, 3.05) is 50.9 Å². The fourth-order valence-electron chi connectivity index (χ4n) is 7.82. The van der Waals surface area contributed by atoms with Crippen LogP contribution in [-0.4, -0.2) is 97.9 Å². The molecule has 3 saturated heterocycles. The standard InChI is InChI=1S/C35H38F2N6O5/c1-3-25-26(37)9-8-21-14-24(44)15-27(28(21)25)48-33-39-30-29(43(33)23-6-4-7-23)31(41-12-13-46-19-34(2,45)18-41)40-32(38-30)47-20-35-10-5-11-42(35)17-22(36)16-35/h1,8-9,14-15,22-23,44-45H,4-7,10-13,16-20H2,2H3/t22-,34?,35+/m1/s1. The zero-order valence-electron chi connectivity index (χ0n) is 26.8. The number of benzene rings is 2. The number of phenolic OH excluding ortho intramolecular Hbond substituents is 1. The number of nitrogens with zero attached hydrogens (tertiary/aromatic N) is 6. The highest BCUT2D eigenvalue weighted by molar-refractivity contribution is 5.95. The maximum Gasteiger partial charge on any atom is 0.320 e. The minimum absolute atomic E-state index is 0.00109. The van der Waals surface area contributed by atoms with E-state index in [1.54, 1.807) is 6.92 Å². The Morgan fingerprint density at radius 1 is 1.17 bits per heavy atom. The number of hydrogen-bond acceptors (Lipinski definition) is 10. The summed E-state index contributed by atoms with van der Waals surface area (Å²) in [6.07, 6.45) is 9.76. The van der Waals surface area contributed by atoms with Gasteiger partial charge in [-0.2, -0.15) is 15.0 Å². The molecule has 1 saturated carbocycles. The summed E-state index contributed by atoms with van der Waals surface area (Å²) in [6, 6.07) is 5.96. The number of ether oxygens (including phenoxy) is 3. The summed E-state index contributed by atoms with van der Waals surface area (Å²) in [5.41, 5.74) is -0.644. The summed E-state index contributed by atoms with van der Waals surface area (Å²) in [4.78, 5) is 18.7. The zero-order valence-corrected chi connectivity index (χ0v) is 26.8. The van der Waals surface area contributed by atoms with Gasteiger partial charge in [0.1, 0.15) is 41.2 Å². The predicted octanol–water partition coefficient (Wildman–Crippen LogP) is 4.87. The maximum atomic E-state index is 14.9. The average molecular weight is 661 g/mol. The van der Waals surface area contributed by atoms with E-state index in [-0.39, 0.29) is 54.9 Å². The van der Waals surface area contributed by atoms with Gasteiger partial charge < -0.3 is 29.3 Å². The molecular formula is C35H38F2N6O5. The molecule has 0 bridgehead atoms. The molecule has 13 heteroatoms. The van der Waals surface area contributed by atoms with Crippen molar-refractivity contribution in [1.82, 2.24) is 24.4 Å². The maximum absolute atomic E-state index is 14.9. The molecule has 4 aromatic rings. The number of fused-ring (bicyclic) bond motifs is 3. The van der Waals surface area contributed by atoms with Gasteiger partial charge in [0.15, 0.2) is 11.5 Å². The Bertz CT molecular complexity index is 1940. The first-order valence-corrected chi connectivity index (χ1v) is 16.6. The second-order valence-corrected chi connectivity index (χ2v) is 13.9. The number of β-amino-alcohol motifs (C(OH)–C–C–N with tert-alkyl or cyclic N) is 1. The molecule has 0 amide bonds. The molecule has 0 radical (unpaired) electrons. The smallest absolute Gasteiger partial charge is 0.320 e. The van der Waals surface area contributed by atoms with Crippen LogP contribution in [0.3, 0.4) is 0 Å². The van der Waals surface area contributed by atoms with Gasteiger partial charge in [0, 0.05) is 37.0 Å². The van der Waals surface area contributed by atoms with Crippen molar-refractivity contribution in [3.63, 3.8) is 0 Å². The first kappa shape index (κ1) is 31.0. The van der Waals surface area contributed by atoms with Gasteiger partial charge in [0.05, 0.1) is 30.9 Å². The monoisotopic (exact) mass is 660 g/mol. The lowest BCUT2D eigenvalue weighted by molar-refractivity contribution is -0.0123. The van der Waals surface area contributed by atoms with E-state index < -0.39 is 23.1 Å². The first-order valence-electron chi connectivity index (χ1n) is 16.6. The minimum atomic E-state index is -1.16. The topological polar surface area (TPSA) is 118 Å². The number of aromatic nitrogens is 4. The molecule has 11 nitrogen and oxygen atoms in total. The van der Waals surface area contributed by atoms with Crippen molar-refractivity contribution in [2.24, 2.45) is 0 Å². The lowest BCUT2D eigenvalue weighted by Gasteiger charge is -2.32. The molecule has 48 heavy (non-hydrogen) atoms. The molecule has 1 aliphatic carbocycles. The largest absolute Gasteiger partial charge is 0.508 e. The van der Waals surface area contributed by atoms with E-state index in [2.05, 4.69) is 10.8 Å². The summed E-state index contributed by atoms with van der Waals surface area (Å²) in [5, 5.41) is 22.6. The molecule has 0 spiro atoms. The second-order valence-electron chi connectivity index (χ2n) is 13.9. The lowest BCUT2D eigenvalue weighted by atomic mass is 9.93. The molecule has 2 N–H and O–H groups in total. The lowest BCUT2D eigenvalue weighted by Crippen LogP contribution is -2.44. The fourth-order valence-corrected chi connectivity index (χ4v) is 7.82. The van der Waals surface area contributed by atoms with E-state index in [1.807, 2.05) is 9.47 Å². The molecule has 252 valence electrons. The molecule has 2 aromatic heterocycles. The molecule has 4 fully saturated rings. The Kier molecular flexibility index (Phi) is 7.58. The van der Waals surface area contributed by atoms with E-state index in [9.17, 15) is 19.0 Å². The summed E-state index contributed by atoms with van der Waals surface area (Å²) in [5.74, 6) is 2.41. The van der Waals surface area contributed by atoms with E-state index in [4.69, 9.17) is 35.6 Å². The van der Waals surface area contributed by atoms with Crippen LogP contribution in [-0.2, 0) is 4.74 Å². The van der Waals surface area contributed by atoms with Crippen LogP contribution in [0.4, 0.5) is 14.6 Å². The number of rotatable bonds is 7. The third-order valence-electron chi connectivity index (χ3n) is 10.3. The highest BCUT2D eigenvalue weighted by Crippen LogP contribution is 2.45. The molecule has 4 aliphatic rings. The number of aliphatic hydroxyl groups is 1. The van der Waals surface area contributed by atoms with Crippen molar-refractivity contribution in [1.29, 1.82) is 0 Å². The molecule has 3 aliphatic heterocycles. The molecule has 5 heterocycles. The van der Waals surface area contributed by atoms with Crippen molar-refractivity contribution in [3.8, 4) is 35.9 Å². The fraction of sp³-hybridized carbons (Fsp3) is 0.514. The highest BCUT2D eigenvalue weighted by atomic mass is 19.1. The van der Waals surface area contributed by atoms with Gasteiger partial charge in [0.2, 0.25) is 0 Å². The van der Waals surface area contributed by atoms with Gasteiger partial charge in [-0.05, 0) is 63.1 Å². The number of aromatic hydroxyl groups is 1. The van der Waals surface area contributed by atoms with Crippen LogP contribution in [0.5, 0.6) is 23.5 Å². The Morgan fingerprint density at radius 3 is 2.81 bits per heavy atom. The minimum Gasteiger partial charge on any atom is -0.508 e. The van der Waals surface area contributed by atoms with Crippen LogP contribution in [0.2, 0.25) is 0 Å². The van der Waals surface area contributed by atoms with E-state index in [0.717, 1.165) is 38.6 Å². The molecule has 3 atom stereocenters. The number of phenols is 1. The van der Waals surface area contributed by atoms with Crippen molar-refractivity contribution in [2.45, 2.75) is 68.8 Å². The van der Waals surface area contributed by atoms with E-state index in [0.29, 0.717) is 53.9 Å². The molecule has 8 rings (SSSR count). The average Bonchev–Trinajstić information content (AvgIpc) is 3.61. The predicted molar refractivity (Wildman–Crippen MR) is 174 cm³/mol. The van der Waals surface area contributed by atoms with E-state index in [1.165, 1.54) is 24.3 Å². The SMILES string of the molecule is C#Cc1c(F)ccc2cc(O)cc(Oc3nc4nc(OC[C@@]56CCCN5C[C@H](F)C6)nc(N5CCOCC(C)(O)C5)c4n3C3CCC3)c12. The van der Waals surface area contributed by atoms with Crippen LogP contribution < -0.4 is 14.4 Å². The Labute approximate surface area is 276 Å². The van der Waals surface area contributed by atoms with Gasteiger partial charge in [-0.3, -0.25) is 9.47 Å². The summed E-state index contributed by atoms with van der Waals surface area (Å²) in [7, 11) is 0. The van der Waals surface area contributed by atoms with Crippen LogP contribution in [0.15, 0.2) is 24.3 Å². The Balaban J connectivity index is 1.27. The molecule has 2 aromatic carbocycles. The number of hydrogen-bond donors (Lipinski definition) is 2. The van der Waals surface area contributed by atoms with E-state index >= 15 is 0 Å². The Hall–Kier alpha value is -4.25. The number of anilines is 1. The van der Waals surface area contributed by atoms with Crippen LogP contribution >= 0.6 is 0 Å². The zero-order chi connectivity index (χ0) is 33.2. The van der Waals surface area contributed by atoms with Gasteiger partial charge in [0.25, 0.3) is 0 Å². The third-order valence-corrected chi connectivity index (χ3v) is 10.3. The second kappa shape index (κ2) is 11.7. The highest BCUT2D eigenvalue weighted by Gasteiger charge is 2.49. The van der Waals surface area contributed by atoms with Crippen LogP contribution in [0.25, 0.3) is 21.9 Å². The van der Waals surface area contributed by atoms with Crippen molar-refractivity contribution >= 4 is 27.8 Å². The summed E-state index contributed by atoms with van der Waals surface area (Å²) in [6.45, 7) is 4.39. The summed E-state index contributed by atoms with van der Waals surface area (Å²) >= 11 is 0. The quantitative estimate of drug-likeness (QED) is 0.266. The molecular weight excluding hydrogens is 622 g/mol. The first-order chi connectivity index (χ1) is 23.1. The van der Waals surface area contributed by atoms with Crippen LogP contribution in [0.1, 0.15) is 57.1 Å². The molecule has 1 unspecified atom stereocenters. The Morgan fingerprint density at radius 2 is 2.02 bits per heavy atom. The number of terminal acetylenes is 1. The number of halogens is 2. The normalized spacial score (nSPS) is 26.4. The van der Waals surface area contributed by atoms with Crippen LogP contribution in [0, 0.1) is 18.2 Å². The third kappa shape index (κ3) is 5.36. The van der Waals surface area contributed by atoms with Crippen molar-refractivity contribution < 1.29 is 33.2 Å². The van der Waals surface area contributed by atoms with Gasteiger partial charge in [-0.1, -0.05) is 12.0 Å². The van der Waals surface area contributed by atoms with Gasteiger partial charge >= 0.3 is 12.0 Å². The van der Waals surface area contributed by atoms with Gasteiger partial charge in [-0.25, -0.2) is 8.78 Å². The van der Waals surface area contributed by atoms with Gasteiger partial charge in [-0.15, -0.1) is 6.42 Å². The number of alkyl halides is 1. The number of imidazole rings is 1. The van der Waals surface area contributed by atoms with Crippen molar-refractivity contribution in [3.05, 3.63) is 35.6 Å².